The Balaban J connectivity index is 2.18. The van der Waals surface area contributed by atoms with E-state index in [2.05, 4.69) is 10.6 Å². The number of amides is 2. The van der Waals surface area contributed by atoms with Crippen molar-refractivity contribution < 1.29 is 22.7 Å². The second-order valence-electron chi connectivity index (χ2n) is 4.36. The lowest BCUT2D eigenvalue weighted by Gasteiger charge is -2.14. The van der Waals surface area contributed by atoms with Crippen LogP contribution >= 0.6 is 0 Å². The Bertz CT molecular complexity index is 658. The SMILES string of the molecule is COc1ccc(C(F)(F)F)cc1NC(=O)Nc1ccccc1. The maximum atomic E-state index is 12.7. The molecule has 116 valence electrons. The molecule has 7 heteroatoms. The normalized spacial score (nSPS) is 10.9. The van der Waals surface area contributed by atoms with Crippen LogP contribution in [-0.4, -0.2) is 13.1 Å². The summed E-state index contributed by atoms with van der Waals surface area (Å²) in [6.45, 7) is 0. The molecule has 2 aromatic carbocycles. The zero-order chi connectivity index (χ0) is 16.2. The lowest BCUT2D eigenvalue weighted by atomic mass is 10.2. The molecule has 0 bridgehead atoms. The molecule has 0 atom stereocenters. The lowest BCUT2D eigenvalue weighted by Crippen LogP contribution is -2.20. The van der Waals surface area contributed by atoms with Gasteiger partial charge in [-0.1, -0.05) is 18.2 Å². The molecule has 0 spiro atoms. The van der Waals surface area contributed by atoms with Crippen LogP contribution in [0, 0.1) is 0 Å². The summed E-state index contributed by atoms with van der Waals surface area (Å²) >= 11 is 0. The van der Waals surface area contributed by atoms with Gasteiger partial charge in [0.15, 0.2) is 0 Å². The zero-order valence-corrected chi connectivity index (χ0v) is 11.6. The smallest absolute Gasteiger partial charge is 0.416 e. The van der Waals surface area contributed by atoms with Crippen LogP contribution in [0.2, 0.25) is 0 Å². The van der Waals surface area contributed by atoms with E-state index < -0.39 is 17.8 Å². The number of hydrogen-bond donors (Lipinski definition) is 2. The fraction of sp³-hybridized carbons (Fsp3) is 0.133. The third-order valence-electron chi connectivity index (χ3n) is 2.81. The van der Waals surface area contributed by atoms with Gasteiger partial charge in [-0.3, -0.25) is 0 Å². The molecule has 4 nitrogen and oxygen atoms in total. The highest BCUT2D eigenvalue weighted by Crippen LogP contribution is 2.34. The van der Waals surface area contributed by atoms with Crippen molar-refractivity contribution in [1.82, 2.24) is 0 Å². The minimum absolute atomic E-state index is 0.0641. The minimum atomic E-state index is -4.50. The predicted octanol–water partition coefficient (Wildman–Crippen LogP) is 4.36. The average molecular weight is 310 g/mol. The van der Waals surface area contributed by atoms with E-state index in [4.69, 9.17) is 4.74 Å². The van der Waals surface area contributed by atoms with Gasteiger partial charge < -0.3 is 15.4 Å². The molecule has 0 heterocycles. The topological polar surface area (TPSA) is 50.4 Å². The Kier molecular flexibility index (Phi) is 4.55. The fourth-order valence-electron chi connectivity index (χ4n) is 1.79. The molecule has 0 saturated carbocycles. The number of halogens is 3. The molecule has 0 aliphatic carbocycles. The van der Waals surface area contributed by atoms with E-state index in [-0.39, 0.29) is 11.4 Å². The van der Waals surface area contributed by atoms with E-state index in [9.17, 15) is 18.0 Å². The Hall–Kier alpha value is -2.70. The number of benzene rings is 2. The molecule has 0 aliphatic heterocycles. The molecule has 2 rings (SSSR count). The first-order valence-electron chi connectivity index (χ1n) is 6.28. The standard InChI is InChI=1S/C15H13F3N2O2/c1-22-13-8-7-10(15(16,17)18)9-12(13)20-14(21)19-11-5-3-2-4-6-11/h2-9H,1H3,(H2,19,20,21). The summed E-state index contributed by atoms with van der Waals surface area (Å²) in [5, 5.41) is 4.86. The summed E-state index contributed by atoms with van der Waals surface area (Å²) < 4.78 is 43.1. The molecule has 2 N–H and O–H groups in total. The third-order valence-corrected chi connectivity index (χ3v) is 2.81. The molecular formula is C15H13F3N2O2. The first-order valence-corrected chi connectivity index (χ1v) is 6.28. The molecule has 2 amide bonds. The summed E-state index contributed by atoms with van der Waals surface area (Å²) in [4.78, 5) is 11.9. The van der Waals surface area contributed by atoms with Crippen molar-refractivity contribution in [3.05, 3.63) is 54.1 Å². The van der Waals surface area contributed by atoms with Gasteiger partial charge in [0, 0.05) is 5.69 Å². The van der Waals surface area contributed by atoms with Crippen molar-refractivity contribution in [3.63, 3.8) is 0 Å². The van der Waals surface area contributed by atoms with E-state index in [0.29, 0.717) is 5.69 Å². The fourth-order valence-corrected chi connectivity index (χ4v) is 1.79. The van der Waals surface area contributed by atoms with E-state index in [1.165, 1.54) is 7.11 Å². The molecule has 0 radical (unpaired) electrons. The lowest BCUT2D eigenvalue weighted by molar-refractivity contribution is -0.137. The monoisotopic (exact) mass is 310 g/mol. The van der Waals surface area contributed by atoms with Crippen LogP contribution in [0.25, 0.3) is 0 Å². The van der Waals surface area contributed by atoms with Crippen molar-refractivity contribution in [3.8, 4) is 5.75 Å². The van der Waals surface area contributed by atoms with Gasteiger partial charge in [0.1, 0.15) is 5.75 Å². The summed E-state index contributed by atoms with van der Waals surface area (Å²) in [6, 6.07) is 10.7. The van der Waals surface area contributed by atoms with Crippen LogP contribution in [-0.2, 0) is 6.18 Å². The molecule has 0 fully saturated rings. The number of carbonyl (C=O) groups excluding carboxylic acids is 1. The molecule has 22 heavy (non-hydrogen) atoms. The van der Waals surface area contributed by atoms with E-state index in [0.717, 1.165) is 18.2 Å². The first-order chi connectivity index (χ1) is 10.4. The van der Waals surface area contributed by atoms with Crippen LogP contribution in [0.1, 0.15) is 5.56 Å². The highest BCUT2D eigenvalue weighted by Gasteiger charge is 2.31. The van der Waals surface area contributed by atoms with E-state index in [1.54, 1.807) is 30.3 Å². The summed E-state index contributed by atoms with van der Waals surface area (Å²) in [6.07, 6.45) is -4.50. The van der Waals surface area contributed by atoms with E-state index in [1.807, 2.05) is 0 Å². The molecular weight excluding hydrogens is 297 g/mol. The van der Waals surface area contributed by atoms with Crippen molar-refractivity contribution in [2.75, 3.05) is 17.7 Å². The molecule has 0 aliphatic rings. The average Bonchev–Trinajstić information content (AvgIpc) is 2.47. The Morgan fingerprint density at radius 3 is 2.32 bits per heavy atom. The van der Waals surface area contributed by atoms with Gasteiger partial charge >= 0.3 is 12.2 Å². The number of para-hydroxylation sites is 1. The molecule has 0 aromatic heterocycles. The van der Waals surface area contributed by atoms with E-state index >= 15 is 0 Å². The molecule has 0 unspecified atom stereocenters. The van der Waals surface area contributed by atoms with Gasteiger partial charge in [0.05, 0.1) is 18.4 Å². The predicted molar refractivity (Wildman–Crippen MR) is 77.1 cm³/mol. The van der Waals surface area contributed by atoms with Crippen molar-refractivity contribution in [2.24, 2.45) is 0 Å². The zero-order valence-electron chi connectivity index (χ0n) is 11.6. The quantitative estimate of drug-likeness (QED) is 0.885. The number of carbonyl (C=O) groups is 1. The summed E-state index contributed by atoms with van der Waals surface area (Å²) in [7, 11) is 1.31. The van der Waals surface area contributed by atoms with Gasteiger partial charge in [-0.2, -0.15) is 13.2 Å². The number of anilines is 2. The van der Waals surface area contributed by atoms with Gasteiger partial charge in [0.25, 0.3) is 0 Å². The number of alkyl halides is 3. The van der Waals surface area contributed by atoms with Gasteiger partial charge in [-0.15, -0.1) is 0 Å². The van der Waals surface area contributed by atoms with Crippen LogP contribution < -0.4 is 15.4 Å². The summed E-state index contributed by atoms with van der Waals surface area (Å²) in [5.41, 5.74) is -0.417. The van der Waals surface area contributed by atoms with Gasteiger partial charge in [0.2, 0.25) is 0 Å². The summed E-state index contributed by atoms with van der Waals surface area (Å²) in [5.74, 6) is 0.135. The Labute approximate surface area is 124 Å². The molecule has 2 aromatic rings. The molecule has 0 saturated heterocycles. The third kappa shape index (κ3) is 3.91. The highest BCUT2D eigenvalue weighted by molar-refractivity contribution is 6.00. The first kappa shape index (κ1) is 15.7. The van der Waals surface area contributed by atoms with Gasteiger partial charge in [-0.25, -0.2) is 4.79 Å². The Morgan fingerprint density at radius 2 is 1.73 bits per heavy atom. The highest BCUT2D eigenvalue weighted by atomic mass is 19.4. The van der Waals surface area contributed by atoms with Crippen molar-refractivity contribution >= 4 is 17.4 Å². The second kappa shape index (κ2) is 6.38. The van der Waals surface area contributed by atoms with Crippen LogP contribution in [0.15, 0.2) is 48.5 Å². The number of hydrogen-bond acceptors (Lipinski definition) is 2. The maximum absolute atomic E-state index is 12.7. The van der Waals surface area contributed by atoms with Crippen LogP contribution in [0.3, 0.4) is 0 Å². The van der Waals surface area contributed by atoms with Crippen LogP contribution in [0.4, 0.5) is 29.3 Å². The number of ether oxygens (including phenoxy) is 1. The minimum Gasteiger partial charge on any atom is -0.495 e. The second-order valence-corrected chi connectivity index (χ2v) is 4.36. The maximum Gasteiger partial charge on any atom is 0.416 e. The number of rotatable bonds is 3. The number of nitrogens with one attached hydrogen (secondary N) is 2. The Morgan fingerprint density at radius 1 is 1.05 bits per heavy atom. The van der Waals surface area contributed by atoms with Crippen molar-refractivity contribution in [2.45, 2.75) is 6.18 Å². The van der Waals surface area contributed by atoms with Crippen LogP contribution in [0.5, 0.6) is 5.75 Å². The number of urea groups is 1. The number of methoxy groups -OCH3 is 1. The van der Waals surface area contributed by atoms with Gasteiger partial charge in [-0.05, 0) is 30.3 Å². The van der Waals surface area contributed by atoms with Crippen molar-refractivity contribution in [1.29, 1.82) is 0 Å². The largest absolute Gasteiger partial charge is 0.495 e.